The molecule has 0 unspecified atom stereocenters. The molecule has 2 rings (SSSR count). The van der Waals surface area contributed by atoms with Crippen LogP contribution in [0.3, 0.4) is 0 Å². The summed E-state index contributed by atoms with van der Waals surface area (Å²) in [6.45, 7) is 0.759. The highest BCUT2D eigenvalue weighted by Crippen LogP contribution is 2.47. The monoisotopic (exact) mass is 312 g/mol. The molecule has 0 radical (unpaired) electrons. The third-order valence-corrected chi connectivity index (χ3v) is 4.47. The van der Waals surface area contributed by atoms with Crippen LogP contribution < -0.4 is 4.74 Å². The Morgan fingerprint density at radius 3 is 2.50 bits per heavy atom. The molecule has 1 saturated carbocycles. The lowest BCUT2D eigenvalue weighted by molar-refractivity contribution is -0.139. The number of hydrogen-bond acceptors (Lipinski definition) is 3. The number of ether oxygens (including phenoxy) is 2. The maximum absolute atomic E-state index is 11.1. The zero-order valence-electron chi connectivity index (χ0n) is 10.4. The summed E-state index contributed by atoms with van der Waals surface area (Å²) < 4.78 is 10.4. The minimum atomic E-state index is -0.222. The second kappa shape index (κ2) is 5.74. The second-order valence-electron chi connectivity index (χ2n) is 4.82. The van der Waals surface area contributed by atoms with Crippen LogP contribution in [0.2, 0.25) is 0 Å². The van der Waals surface area contributed by atoms with E-state index in [-0.39, 0.29) is 5.97 Å². The minimum absolute atomic E-state index is 0.222. The standard InChI is InChI=1S/C14H17BrO3/c1-17-13(16)8-11-2-4-12(5-3-11)18-10-14(9-15)6-7-14/h2-5H,6-10H2,1H3. The van der Waals surface area contributed by atoms with E-state index >= 15 is 0 Å². The van der Waals surface area contributed by atoms with Gasteiger partial charge in [0.15, 0.2) is 0 Å². The summed E-state index contributed by atoms with van der Waals surface area (Å²) in [5.41, 5.74) is 1.29. The van der Waals surface area contributed by atoms with Crippen LogP contribution in [0.5, 0.6) is 5.75 Å². The topological polar surface area (TPSA) is 35.5 Å². The minimum Gasteiger partial charge on any atom is -0.493 e. The Labute approximate surface area is 116 Å². The quantitative estimate of drug-likeness (QED) is 0.598. The van der Waals surface area contributed by atoms with Crippen LogP contribution in [0.25, 0.3) is 0 Å². The van der Waals surface area contributed by atoms with Crippen molar-refractivity contribution >= 4 is 21.9 Å². The van der Waals surface area contributed by atoms with E-state index in [1.165, 1.54) is 20.0 Å². The van der Waals surface area contributed by atoms with Gasteiger partial charge in [0.1, 0.15) is 5.75 Å². The Balaban J connectivity index is 1.85. The van der Waals surface area contributed by atoms with Crippen molar-refractivity contribution in [2.45, 2.75) is 19.3 Å². The van der Waals surface area contributed by atoms with Crippen molar-refractivity contribution in [3.63, 3.8) is 0 Å². The first-order valence-corrected chi connectivity index (χ1v) is 7.14. The van der Waals surface area contributed by atoms with Gasteiger partial charge in [-0.15, -0.1) is 0 Å². The summed E-state index contributed by atoms with van der Waals surface area (Å²) in [6, 6.07) is 7.62. The summed E-state index contributed by atoms with van der Waals surface area (Å²) >= 11 is 3.52. The molecule has 0 N–H and O–H groups in total. The maximum atomic E-state index is 11.1. The molecule has 0 aliphatic heterocycles. The normalized spacial score (nSPS) is 16.1. The summed E-state index contributed by atoms with van der Waals surface area (Å²) in [5, 5.41) is 1.00. The Kier molecular flexibility index (Phi) is 4.27. The van der Waals surface area contributed by atoms with Crippen LogP contribution >= 0.6 is 15.9 Å². The molecule has 0 bridgehead atoms. The van der Waals surface area contributed by atoms with Crippen LogP contribution in [0.15, 0.2) is 24.3 Å². The van der Waals surface area contributed by atoms with E-state index in [0.29, 0.717) is 11.8 Å². The molecule has 1 aliphatic rings. The van der Waals surface area contributed by atoms with E-state index in [9.17, 15) is 4.79 Å². The number of rotatable bonds is 6. The number of benzene rings is 1. The number of methoxy groups -OCH3 is 1. The first-order chi connectivity index (χ1) is 8.67. The molecule has 0 spiro atoms. The van der Waals surface area contributed by atoms with Gasteiger partial charge in [-0.2, -0.15) is 0 Å². The molecular weight excluding hydrogens is 296 g/mol. The van der Waals surface area contributed by atoms with Crippen molar-refractivity contribution in [2.24, 2.45) is 5.41 Å². The average molecular weight is 313 g/mol. The van der Waals surface area contributed by atoms with Gasteiger partial charge < -0.3 is 9.47 Å². The summed E-state index contributed by atoms with van der Waals surface area (Å²) in [7, 11) is 1.40. The van der Waals surface area contributed by atoms with Crippen molar-refractivity contribution < 1.29 is 14.3 Å². The zero-order valence-corrected chi connectivity index (χ0v) is 12.0. The van der Waals surface area contributed by atoms with Crippen LogP contribution in [0.1, 0.15) is 18.4 Å². The average Bonchev–Trinajstić information content (AvgIpc) is 3.18. The van der Waals surface area contributed by atoms with E-state index in [1.54, 1.807) is 0 Å². The molecule has 0 aromatic heterocycles. The van der Waals surface area contributed by atoms with Gasteiger partial charge in [0.2, 0.25) is 0 Å². The fraction of sp³-hybridized carbons (Fsp3) is 0.500. The van der Waals surface area contributed by atoms with Gasteiger partial charge in [-0.05, 0) is 30.5 Å². The number of carbonyl (C=O) groups is 1. The second-order valence-corrected chi connectivity index (χ2v) is 5.38. The van der Waals surface area contributed by atoms with Gasteiger partial charge in [0, 0.05) is 10.7 Å². The molecule has 4 heteroatoms. The molecule has 1 aliphatic carbocycles. The Bertz CT molecular complexity index is 410. The predicted molar refractivity (Wildman–Crippen MR) is 73.1 cm³/mol. The summed E-state index contributed by atoms with van der Waals surface area (Å²) in [4.78, 5) is 11.1. The molecule has 1 aromatic carbocycles. The molecule has 18 heavy (non-hydrogen) atoms. The molecule has 0 saturated heterocycles. The van der Waals surface area contributed by atoms with Crippen molar-refractivity contribution in [1.82, 2.24) is 0 Å². The fourth-order valence-corrected chi connectivity index (χ4v) is 2.39. The van der Waals surface area contributed by atoms with Crippen LogP contribution in [0, 0.1) is 5.41 Å². The highest BCUT2D eigenvalue weighted by Gasteiger charge is 2.42. The third-order valence-electron chi connectivity index (χ3n) is 3.29. The lowest BCUT2D eigenvalue weighted by atomic mass is 10.1. The molecule has 3 nitrogen and oxygen atoms in total. The molecular formula is C14H17BrO3. The lowest BCUT2D eigenvalue weighted by Crippen LogP contribution is -2.14. The van der Waals surface area contributed by atoms with E-state index in [1.807, 2.05) is 24.3 Å². The predicted octanol–water partition coefficient (Wildman–Crippen LogP) is 2.96. The van der Waals surface area contributed by atoms with Crippen molar-refractivity contribution in [3.05, 3.63) is 29.8 Å². The molecule has 0 amide bonds. The van der Waals surface area contributed by atoms with Crippen molar-refractivity contribution in [1.29, 1.82) is 0 Å². The largest absolute Gasteiger partial charge is 0.493 e. The number of alkyl halides is 1. The number of carbonyl (C=O) groups excluding carboxylic acids is 1. The lowest BCUT2D eigenvalue weighted by Gasteiger charge is -2.13. The number of hydrogen-bond donors (Lipinski definition) is 0. The van der Waals surface area contributed by atoms with Gasteiger partial charge in [-0.1, -0.05) is 28.1 Å². The number of esters is 1. The van der Waals surface area contributed by atoms with E-state index in [0.717, 1.165) is 23.2 Å². The molecule has 0 heterocycles. The SMILES string of the molecule is COC(=O)Cc1ccc(OCC2(CBr)CC2)cc1. The van der Waals surface area contributed by atoms with E-state index in [4.69, 9.17) is 4.74 Å². The van der Waals surface area contributed by atoms with Gasteiger partial charge in [0.25, 0.3) is 0 Å². The first kappa shape index (κ1) is 13.4. The Hall–Kier alpha value is -1.03. The van der Waals surface area contributed by atoms with Gasteiger partial charge >= 0.3 is 5.97 Å². The highest BCUT2D eigenvalue weighted by molar-refractivity contribution is 9.09. The summed E-state index contributed by atoms with van der Waals surface area (Å²) in [6.07, 6.45) is 2.78. The Morgan fingerprint density at radius 1 is 1.33 bits per heavy atom. The van der Waals surface area contributed by atoms with Crippen LogP contribution in [-0.4, -0.2) is 25.0 Å². The number of halogens is 1. The third kappa shape index (κ3) is 3.48. The smallest absolute Gasteiger partial charge is 0.309 e. The molecule has 98 valence electrons. The summed E-state index contributed by atoms with van der Waals surface area (Å²) in [5.74, 6) is 0.635. The molecule has 1 aromatic rings. The van der Waals surface area contributed by atoms with Gasteiger partial charge in [-0.3, -0.25) is 4.79 Å². The van der Waals surface area contributed by atoms with Crippen molar-refractivity contribution in [2.75, 3.05) is 19.0 Å². The fourth-order valence-electron chi connectivity index (χ4n) is 1.67. The van der Waals surface area contributed by atoms with Crippen LogP contribution in [0.4, 0.5) is 0 Å². The Morgan fingerprint density at radius 2 is 2.00 bits per heavy atom. The van der Waals surface area contributed by atoms with Crippen molar-refractivity contribution in [3.8, 4) is 5.75 Å². The van der Waals surface area contributed by atoms with Crippen LogP contribution in [-0.2, 0) is 16.0 Å². The van der Waals surface area contributed by atoms with Gasteiger partial charge in [-0.25, -0.2) is 0 Å². The first-order valence-electron chi connectivity index (χ1n) is 6.02. The van der Waals surface area contributed by atoms with E-state index in [2.05, 4.69) is 20.7 Å². The molecule has 0 atom stereocenters. The zero-order chi connectivity index (χ0) is 13.0. The van der Waals surface area contributed by atoms with E-state index < -0.39 is 0 Å². The molecule has 1 fully saturated rings. The maximum Gasteiger partial charge on any atom is 0.309 e. The van der Waals surface area contributed by atoms with Gasteiger partial charge in [0.05, 0.1) is 20.1 Å². The highest BCUT2D eigenvalue weighted by atomic mass is 79.9.